The van der Waals surface area contributed by atoms with E-state index < -0.39 is 10.0 Å². The van der Waals surface area contributed by atoms with E-state index in [1.807, 2.05) is 16.6 Å². The first-order valence-electron chi connectivity index (χ1n) is 8.64. The molecule has 26 heavy (non-hydrogen) atoms. The Morgan fingerprint density at radius 2 is 1.85 bits per heavy atom. The van der Waals surface area contributed by atoms with Gasteiger partial charge in [-0.3, -0.25) is 0 Å². The first-order valence-corrected chi connectivity index (χ1v) is 11.0. The smallest absolute Gasteiger partial charge is 0.252 e. The Morgan fingerprint density at radius 3 is 2.54 bits per heavy atom. The van der Waals surface area contributed by atoms with E-state index in [-0.39, 0.29) is 0 Å². The van der Waals surface area contributed by atoms with Crippen LogP contribution in [0.5, 0.6) is 0 Å². The summed E-state index contributed by atoms with van der Waals surface area (Å²) in [5, 5.41) is 14.9. The van der Waals surface area contributed by atoms with E-state index in [1.54, 1.807) is 21.8 Å². The third kappa shape index (κ3) is 2.68. The number of aromatic nitrogens is 4. The normalized spacial score (nSPS) is 19.3. The number of thiophene rings is 1. The van der Waals surface area contributed by atoms with E-state index in [0.717, 1.165) is 30.1 Å². The van der Waals surface area contributed by atoms with Crippen molar-refractivity contribution >= 4 is 32.8 Å². The van der Waals surface area contributed by atoms with E-state index in [2.05, 4.69) is 15.1 Å². The van der Waals surface area contributed by atoms with Crippen molar-refractivity contribution in [1.82, 2.24) is 24.1 Å². The summed E-state index contributed by atoms with van der Waals surface area (Å²) >= 11 is 1.26. The molecule has 136 valence electrons. The topological polar surface area (TPSA) is 83.7 Å². The molecule has 2 fully saturated rings. The highest BCUT2D eigenvalue weighted by Gasteiger charge is 2.31. The summed E-state index contributed by atoms with van der Waals surface area (Å²) in [4.78, 5) is 2.12. The van der Waals surface area contributed by atoms with Crippen molar-refractivity contribution in [2.45, 2.75) is 23.0 Å². The molecule has 10 heteroatoms. The van der Waals surface area contributed by atoms with Crippen LogP contribution in [0, 0.1) is 0 Å². The molecule has 0 amide bonds. The maximum Gasteiger partial charge on any atom is 0.252 e. The summed E-state index contributed by atoms with van der Waals surface area (Å²) in [6.07, 6.45) is 2.29. The van der Waals surface area contributed by atoms with Crippen molar-refractivity contribution in [3.05, 3.63) is 35.5 Å². The Hall–Kier alpha value is -2.04. The molecule has 5 rings (SSSR count). The number of hydrogen-bond donors (Lipinski definition) is 0. The van der Waals surface area contributed by atoms with Crippen LogP contribution in [-0.4, -0.2) is 58.7 Å². The molecule has 8 nitrogen and oxygen atoms in total. The fourth-order valence-corrected chi connectivity index (χ4v) is 5.82. The van der Waals surface area contributed by atoms with Gasteiger partial charge in [0.05, 0.1) is 0 Å². The molecule has 1 aliphatic heterocycles. The zero-order valence-corrected chi connectivity index (χ0v) is 15.7. The number of anilines is 1. The van der Waals surface area contributed by atoms with Crippen molar-refractivity contribution in [3.63, 3.8) is 0 Å². The van der Waals surface area contributed by atoms with Crippen LogP contribution in [0.1, 0.15) is 24.6 Å². The predicted octanol–water partition coefficient (Wildman–Crippen LogP) is 1.57. The average Bonchev–Trinajstić information content (AvgIpc) is 3.19. The second kappa shape index (κ2) is 6.00. The van der Waals surface area contributed by atoms with Crippen LogP contribution in [0.25, 0.3) is 5.65 Å². The predicted molar refractivity (Wildman–Crippen MR) is 98.0 cm³/mol. The highest BCUT2D eigenvalue weighted by atomic mass is 32.2. The monoisotopic (exact) mass is 390 g/mol. The van der Waals surface area contributed by atoms with Gasteiger partial charge in [-0.25, -0.2) is 8.42 Å². The highest BCUT2D eigenvalue weighted by molar-refractivity contribution is 7.91. The van der Waals surface area contributed by atoms with Gasteiger partial charge in [0.1, 0.15) is 10.0 Å². The SMILES string of the molecule is O=S(=O)(c1cccs1)N1CCN(c2ccc3nnc(C4CC4)n3n2)CC1. The molecule has 0 aromatic carbocycles. The van der Waals surface area contributed by atoms with Crippen LogP contribution in [-0.2, 0) is 10.0 Å². The van der Waals surface area contributed by atoms with E-state index in [9.17, 15) is 8.42 Å². The minimum absolute atomic E-state index is 0.407. The Labute approximate surface area is 155 Å². The Morgan fingerprint density at radius 1 is 1.04 bits per heavy atom. The minimum Gasteiger partial charge on any atom is -0.353 e. The average molecular weight is 390 g/mol. The number of piperazine rings is 1. The van der Waals surface area contributed by atoms with Gasteiger partial charge < -0.3 is 4.90 Å². The molecular weight excluding hydrogens is 372 g/mol. The summed E-state index contributed by atoms with van der Waals surface area (Å²) in [6.45, 7) is 2.14. The van der Waals surface area contributed by atoms with E-state index in [0.29, 0.717) is 36.3 Å². The maximum atomic E-state index is 12.6. The molecule has 0 spiro atoms. The lowest BCUT2D eigenvalue weighted by Crippen LogP contribution is -2.48. The summed E-state index contributed by atoms with van der Waals surface area (Å²) < 4.78 is 29.1. The summed E-state index contributed by atoms with van der Waals surface area (Å²) in [5.41, 5.74) is 0.759. The summed E-state index contributed by atoms with van der Waals surface area (Å²) in [5.74, 6) is 2.24. The van der Waals surface area contributed by atoms with Gasteiger partial charge in [-0.1, -0.05) is 6.07 Å². The molecule has 0 atom stereocenters. The van der Waals surface area contributed by atoms with Crippen LogP contribution < -0.4 is 4.90 Å². The molecule has 1 aliphatic carbocycles. The molecule has 1 saturated heterocycles. The summed E-state index contributed by atoms with van der Waals surface area (Å²) in [7, 11) is -3.38. The lowest BCUT2D eigenvalue weighted by molar-refractivity contribution is 0.384. The molecule has 3 aromatic heterocycles. The minimum atomic E-state index is -3.38. The molecule has 4 heterocycles. The fourth-order valence-electron chi connectivity index (χ4n) is 3.26. The van der Waals surface area contributed by atoms with Gasteiger partial charge in [0.15, 0.2) is 11.5 Å². The van der Waals surface area contributed by atoms with Crippen molar-refractivity contribution in [2.24, 2.45) is 0 Å². The highest BCUT2D eigenvalue weighted by Crippen LogP contribution is 2.38. The molecule has 0 unspecified atom stereocenters. The molecule has 3 aromatic rings. The van der Waals surface area contributed by atoms with Crippen molar-refractivity contribution < 1.29 is 8.42 Å². The van der Waals surface area contributed by atoms with Crippen LogP contribution in [0.4, 0.5) is 5.82 Å². The van der Waals surface area contributed by atoms with E-state index in [1.165, 1.54) is 11.3 Å². The van der Waals surface area contributed by atoms with Gasteiger partial charge in [-0.05, 0) is 36.4 Å². The first-order chi connectivity index (χ1) is 12.6. The van der Waals surface area contributed by atoms with Gasteiger partial charge in [0.2, 0.25) is 0 Å². The lowest BCUT2D eigenvalue weighted by Gasteiger charge is -2.34. The zero-order chi connectivity index (χ0) is 17.7. The second-order valence-electron chi connectivity index (χ2n) is 6.62. The van der Waals surface area contributed by atoms with Gasteiger partial charge in [0.25, 0.3) is 10.0 Å². The third-order valence-electron chi connectivity index (χ3n) is 4.87. The largest absolute Gasteiger partial charge is 0.353 e. The number of sulfonamides is 1. The van der Waals surface area contributed by atoms with Crippen molar-refractivity contribution in [3.8, 4) is 0 Å². The Bertz CT molecular complexity index is 1030. The number of fused-ring (bicyclic) bond motifs is 1. The summed E-state index contributed by atoms with van der Waals surface area (Å²) in [6, 6.07) is 7.29. The second-order valence-corrected chi connectivity index (χ2v) is 9.73. The van der Waals surface area contributed by atoms with Crippen LogP contribution >= 0.6 is 11.3 Å². The molecule has 0 radical (unpaired) electrons. The third-order valence-corrected chi connectivity index (χ3v) is 8.14. The van der Waals surface area contributed by atoms with Crippen LogP contribution in [0.15, 0.2) is 33.9 Å². The molecule has 2 aliphatic rings. The van der Waals surface area contributed by atoms with Crippen LogP contribution in [0.3, 0.4) is 0 Å². The van der Waals surface area contributed by atoms with Crippen LogP contribution in [0.2, 0.25) is 0 Å². The van der Waals surface area contributed by atoms with Gasteiger partial charge >= 0.3 is 0 Å². The van der Waals surface area contributed by atoms with Gasteiger partial charge in [-0.15, -0.1) is 26.6 Å². The van der Waals surface area contributed by atoms with Gasteiger partial charge in [-0.2, -0.15) is 8.82 Å². The molecular formula is C16H18N6O2S2. The lowest BCUT2D eigenvalue weighted by atomic mass is 10.3. The fraction of sp³-hybridized carbons (Fsp3) is 0.438. The maximum absolute atomic E-state index is 12.6. The Balaban J connectivity index is 1.35. The van der Waals surface area contributed by atoms with Gasteiger partial charge in [0, 0.05) is 32.1 Å². The zero-order valence-electron chi connectivity index (χ0n) is 14.0. The van der Waals surface area contributed by atoms with E-state index in [4.69, 9.17) is 5.10 Å². The molecule has 1 saturated carbocycles. The Kier molecular flexibility index (Phi) is 3.73. The van der Waals surface area contributed by atoms with E-state index >= 15 is 0 Å². The molecule has 0 bridgehead atoms. The van der Waals surface area contributed by atoms with Crippen molar-refractivity contribution in [1.29, 1.82) is 0 Å². The number of hydrogen-bond acceptors (Lipinski definition) is 7. The number of rotatable bonds is 4. The quantitative estimate of drug-likeness (QED) is 0.672. The first kappa shape index (κ1) is 16.2. The number of nitrogens with zero attached hydrogens (tertiary/aromatic N) is 6. The molecule has 0 N–H and O–H groups in total. The van der Waals surface area contributed by atoms with Crippen molar-refractivity contribution in [2.75, 3.05) is 31.1 Å². The standard InChI is InChI=1S/C16H18N6O2S2/c23-26(24,15-2-1-11-25-15)21-9-7-20(8-10-21)14-6-5-13-17-18-16(12-3-4-12)22(13)19-14/h1-2,5-6,11-12H,3-4,7-10H2.